The highest BCUT2D eigenvalue weighted by Crippen LogP contribution is 2.39. The van der Waals surface area contributed by atoms with Crippen LogP contribution in [-0.2, 0) is 4.74 Å². The summed E-state index contributed by atoms with van der Waals surface area (Å²) in [6.07, 6.45) is 3.45. The number of nitrogens with zero attached hydrogens (tertiary/aromatic N) is 2. The maximum absolute atomic E-state index is 12.6. The normalized spacial score (nSPS) is 10.7. The van der Waals surface area contributed by atoms with Gasteiger partial charge in [0, 0.05) is 23.5 Å². The Morgan fingerprint density at radius 3 is 2.67 bits per heavy atom. The number of aryl methyl sites for hydroxylation is 1. The first-order valence-corrected chi connectivity index (χ1v) is 8.72. The minimum absolute atomic E-state index is 0.262. The van der Waals surface area contributed by atoms with E-state index < -0.39 is 5.97 Å². The molecule has 3 rings (SSSR count). The highest BCUT2D eigenvalue weighted by molar-refractivity contribution is 6.01. The lowest BCUT2D eigenvalue weighted by Crippen LogP contribution is -2.18. The number of carbonyl (C=O) groups is 1. The topological polar surface area (TPSA) is 79.4 Å². The molecule has 0 saturated heterocycles. The van der Waals surface area contributed by atoms with E-state index in [9.17, 15) is 4.79 Å². The van der Waals surface area contributed by atoms with Crippen molar-refractivity contribution in [2.75, 3.05) is 19.6 Å². The molecule has 6 heteroatoms. The lowest BCUT2D eigenvalue weighted by molar-refractivity contribution is 0.0517. The van der Waals surface area contributed by atoms with Crippen molar-refractivity contribution in [1.29, 1.82) is 0 Å². The lowest BCUT2D eigenvalue weighted by Gasteiger charge is -2.12. The molecule has 140 valence electrons. The Morgan fingerprint density at radius 1 is 1.22 bits per heavy atom. The molecule has 0 unspecified atom stereocenters. The molecule has 0 amide bonds. The lowest BCUT2D eigenvalue weighted by atomic mass is 9.95. The van der Waals surface area contributed by atoms with Gasteiger partial charge in [-0.1, -0.05) is 12.1 Å². The average molecular weight is 365 g/mol. The van der Waals surface area contributed by atoms with E-state index >= 15 is 0 Å². The van der Waals surface area contributed by atoms with Crippen molar-refractivity contribution in [3.8, 4) is 28.1 Å². The molecule has 0 fully saturated rings. The Hall–Kier alpha value is -3.28. The van der Waals surface area contributed by atoms with Crippen LogP contribution in [0.1, 0.15) is 28.5 Å². The number of benzene rings is 1. The predicted molar refractivity (Wildman–Crippen MR) is 105 cm³/mol. The first kappa shape index (κ1) is 18.5. The van der Waals surface area contributed by atoms with Gasteiger partial charge in [0.15, 0.2) is 5.69 Å². The van der Waals surface area contributed by atoms with Gasteiger partial charge in [-0.2, -0.15) is 0 Å². The number of nitrogen functional groups attached to an aromatic ring is 1. The van der Waals surface area contributed by atoms with Gasteiger partial charge < -0.3 is 15.3 Å². The van der Waals surface area contributed by atoms with Crippen molar-refractivity contribution in [2.24, 2.45) is 0 Å². The second-order valence-electron chi connectivity index (χ2n) is 6.25. The first-order valence-electron chi connectivity index (χ1n) is 8.72. The van der Waals surface area contributed by atoms with E-state index in [1.54, 1.807) is 26.4 Å². The Morgan fingerprint density at radius 2 is 2.00 bits per heavy atom. The zero-order valence-corrected chi connectivity index (χ0v) is 15.9. The summed E-state index contributed by atoms with van der Waals surface area (Å²) in [5.41, 5.74) is 5.29. The minimum Gasteiger partial charge on any atom is -0.496 e. The van der Waals surface area contributed by atoms with Gasteiger partial charge in [0.25, 0.3) is 0 Å². The fraction of sp³-hybridized carbons (Fsp3) is 0.238. The van der Waals surface area contributed by atoms with Crippen LogP contribution in [0.25, 0.3) is 22.4 Å². The molecule has 0 atom stereocenters. The van der Waals surface area contributed by atoms with Gasteiger partial charge in [-0.05, 0) is 55.7 Å². The standard InChI is InChI=1S/C21H23N3O3/c1-5-27-21(25)20-19(17-11-13(2)9-10-23-17)16(12-24(20)22)15-7-6-8-18(26-4)14(15)3/h6-12H,5,22H2,1-4H3. The quantitative estimate of drug-likeness (QED) is 0.550. The zero-order valence-electron chi connectivity index (χ0n) is 15.9. The summed E-state index contributed by atoms with van der Waals surface area (Å²) >= 11 is 0. The monoisotopic (exact) mass is 365 g/mol. The van der Waals surface area contributed by atoms with Crippen LogP contribution in [-0.4, -0.2) is 29.3 Å². The van der Waals surface area contributed by atoms with Crippen LogP contribution in [0.2, 0.25) is 0 Å². The SMILES string of the molecule is CCOC(=O)c1c(-c2cc(C)ccn2)c(-c2cccc(OC)c2C)cn1N. The number of hydrogen-bond donors (Lipinski definition) is 1. The van der Waals surface area contributed by atoms with Crippen LogP contribution in [0.4, 0.5) is 0 Å². The molecule has 0 spiro atoms. The summed E-state index contributed by atoms with van der Waals surface area (Å²) < 4.78 is 12.0. The van der Waals surface area contributed by atoms with Gasteiger partial charge in [0.05, 0.1) is 19.4 Å². The maximum Gasteiger partial charge on any atom is 0.357 e. The number of nitrogens with two attached hydrogens (primary N) is 1. The van der Waals surface area contributed by atoms with E-state index in [1.165, 1.54) is 4.68 Å². The van der Waals surface area contributed by atoms with Gasteiger partial charge in [0.1, 0.15) is 5.75 Å². The van der Waals surface area contributed by atoms with Crippen molar-refractivity contribution in [1.82, 2.24) is 9.66 Å². The molecule has 2 N–H and O–H groups in total. The fourth-order valence-electron chi connectivity index (χ4n) is 3.20. The van der Waals surface area contributed by atoms with Crippen LogP contribution in [0.15, 0.2) is 42.7 Å². The zero-order chi connectivity index (χ0) is 19.6. The Labute approximate surface area is 158 Å². The van der Waals surface area contributed by atoms with E-state index in [0.29, 0.717) is 11.3 Å². The number of ether oxygens (including phenoxy) is 2. The number of methoxy groups -OCH3 is 1. The Balaban J connectivity index is 2.33. The summed E-state index contributed by atoms with van der Waals surface area (Å²) in [7, 11) is 1.63. The smallest absolute Gasteiger partial charge is 0.357 e. The first-order chi connectivity index (χ1) is 13.0. The minimum atomic E-state index is -0.481. The molecule has 6 nitrogen and oxygen atoms in total. The average Bonchev–Trinajstić information content (AvgIpc) is 2.99. The van der Waals surface area contributed by atoms with Gasteiger partial charge in [-0.3, -0.25) is 9.66 Å². The molecule has 1 aromatic carbocycles. The number of esters is 1. The van der Waals surface area contributed by atoms with Crippen LogP contribution in [0.3, 0.4) is 0 Å². The van der Waals surface area contributed by atoms with Gasteiger partial charge in [-0.25, -0.2) is 4.79 Å². The van der Waals surface area contributed by atoms with E-state index in [-0.39, 0.29) is 12.3 Å². The highest BCUT2D eigenvalue weighted by Gasteiger charge is 2.26. The second-order valence-corrected chi connectivity index (χ2v) is 6.25. The predicted octanol–water partition coefficient (Wildman–Crippen LogP) is 3.73. The third-order valence-corrected chi connectivity index (χ3v) is 4.47. The number of aromatic nitrogens is 2. The van der Waals surface area contributed by atoms with E-state index in [4.69, 9.17) is 15.3 Å². The summed E-state index contributed by atoms with van der Waals surface area (Å²) in [5.74, 6) is 6.44. The number of hydrogen-bond acceptors (Lipinski definition) is 5. The van der Waals surface area contributed by atoms with E-state index in [0.717, 1.165) is 28.0 Å². The molecule has 27 heavy (non-hydrogen) atoms. The molecule has 2 aromatic heterocycles. The largest absolute Gasteiger partial charge is 0.496 e. The molecule has 3 aromatic rings. The van der Waals surface area contributed by atoms with E-state index in [1.807, 2.05) is 44.2 Å². The summed E-state index contributed by atoms with van der Waals surface area (Å²) in [6, 6.07) is 9.61. The van der Waals surface area contributed by atoms with Crippen molar-refractivity contribution in [3.63, 3.8) is 0 Å². The molecular formula is C21H23N3O3. The molecule has 0 radical (unpaired) electrons. The van der Waals surface area contributed by atoms with Crippen molar-refractivity contribution in [2.45, 2.75) is 20.8 Å². The molecule has 0 saturated carbocycles. The number of carbonyl (C=O) groups excluding carboxylic acids is 1. The van der Waals surface area contributed by atoms with Crippen LogP contribution < -0.4 is 10.6 Å². The third kappa shape index (κ3) is 3.38. The van der Waals surface area contributed by atoms with Crippen molar-refractivity contribution in [3.05, 3.63) is 59.5 Å². The third-order valence-electron chi connectivity index (χ3n) is 4.47. The molecule has 2 heterocycles. The maximum atomic E-state index is 12.6. The van der Waals surface area contributed by atoms with Crippen LogP contribution >= 0.6 is 0 Å². The van der Waals surface area contributed by atoms with Crippen molar-refractivity contribution >= 4 is 5.97 Å². The van der Waals surface area contributed by atoms with Gasteiger partial charge in [0.2, 0.25) is 0 Å². The summed E-state index contributed by atoms with van der Waals surface area (Å²) in [6.45, 7) is 5.97. The number of rotatable bonds is 5. The molecular weight excluding hydrogens is 342 g/mol. The highest BCUT2D eigenvalue weighted by atomic mass is 16.5. The molecule has 0 aliphatic carbocycles. The Bertz CT molecular complexity index is 992. The van der Waals surface area contributed by atoms with Crippen molar-refractivity contribution < 1.29 is 14.3 Å². The fourth-order valence-corrected chi connectivity index (χ4v) is 3.20. The van der Waals surface area contributed by atoms with Crippen LogP contribution in [0, 0.1) is 13.8 Å². The van der Waals surface area contributed by atoms with Crippen LogP contribution in [0.5, 0.6) is 5.75 Å². The summed E-state index contributed by atoms with van der Waals surface area (Å²) in [4.78, 5) is 17.1. The number of pyridine rings is 1. The van der Waals surface area contributed by atoms with Gasteiger partial charge >= 0.3 is 5.97 Å². The summed E-state index contributed by atoms with van der Waals surface area (Å²) in [5, 5.41) is 0. The molecule has 0 aliphatic heterocycles. The molecule has 0 bridgehead atoms. The van der Waals surface area contributed by atoms with Gasteiger partial charge in [-0.15, -0.1) is 0 Å². The Kier molecular flexibility index (Phi) is 5.16. The second kappa shape index (κ2) is 7.53. The van der Waals surface area contributed by atoms with E-state index in [2.05, 4.69) is 4.98 Å². The molecule has 0 aliphatic rings.